The molecule has 3 nitrogen and oxygen atoms in total. The summed E-state index contributed by atoms with van der Waals surface area (Å²) in [5.41, 5.74) is 0. The van der Waals surface area contributed by atoms with Crippen molar-refractivity contribution in [3.63, 3.8) is 0 Å². The van der Waals surface area contributed by atoms with Gasteiger partial charge in [-0.3, -0.25) is 14.6 Å². The number of likely N-dealkylation sites (N-methyl/N-ethyl adjacent to an activating group) is 1. The maximum Gasteiger partial charge on any atom is 0.146 e. The molecule has 1 aliphatic heterocycles. The molecule has 1 fully saturated rings. The van der Waals surface area contributed by atoms with Crippen LogP contribution in [0.1, 0.15) is 33.6 Å². The standard InChI is InChI=1S/C12H24N2O/c1-4-12(15)10-13-8-7-11(9-13)14(5-2)6-3/h11H,4-10H2,1-3H3. The average molecular weight is 212 g/mol. The van der Waals surface area contributed by atoms with Crippen molar-refractivity contribution in [2.24, 2.45) is 0 Å². The maximum absolute atomic E-state index is 11.3. The molecule has 0 amide bonds. The van der Waals surface area contributed by atoms with Gasteiger partial charge in [0.1, 0.15) is 5.78 Å². The molecule has 0 bridgehead atoms. The normalized spacial score (nSPS) is 22.5. The zero-order chi connectivity index (χ0) is 11.3. The summed E-state index contributed by atoms with van der Waals surface area (Å²) in [4.78, 5) is 16.1. The molecule has 1 heterocycles. The molecule has 0 aromatic carbocycles. The zero-order valence-corrected chi connectivity index (χ0v) is 10.3. The van der Waals surface area contributed by atoms with Gasteiger partial charge in [-0.1, -0.05) is 20.8 Å². The van der Waals surface area contributed by atoms with Crippen molar-refractivity contribution in [3.8, 4) is 0 Å². The largest absolute Gasteiger partial charge is 0.300 e. The highest BCUT2D eigenvalue weighted by Gasteiger charge is 2.26. The second-order valence-corrected chi connectivity index (χ2v) is 4.29. The Balaban J connectivity index is 2.34. The number of ketones is 1. The summed E-state index contributed by atoms with van der Waals surface area (Å²) in [5, 5.41) is 0. The first-order valence-corrected chi connectivity index (χ1v) is 6.19. The summed E-state index contributed by atoms with van der Waals surface area (Å²) in [6.07, 6.45) is 1.89. The van der Waals surface area contributed by atoms with Gasteiger partial charge in [0.15, 0.2) is 0 Å². The minimum atomic E-state index is 0.371. The van der Waals surface area contributed by atoms with E-state index in [4.69, 9.17) is 0 Å². The molecule has 88 valence electrons. The van der Waals surface area contributed by atoms with E-state index in [0.717, 1.165) is 26.2 Å². The highest BCUT2D eigenvalue weighted by Crippen LogP contribution is 2.15. The molecule has 0 radical (unpaired) electrons. The molecular weight excluding hydrogens is 188 g/mol. The Morgan fingerprint density at radius 1 is 1.33 bits per heavy atom. The quantitative estimate of drug-likeness (QED) is 0.664. The molecule has 15 heavy (non-hydrogen) atoms. The topological polar surface area (TPSA) is 23.6 Å². The first kappa shape index (κ1) is 12.7. The monoisotopic (exact) mass is 212 g/mol. The molecule has 0 aromatic rings. The van der Waals surface area contributed by atoms with Crippen LogP contribution < -0.4 is 0 Å². The second-order valence-electron chi connectivity index (χ2n) is 4.29. The number of hydrogen-bond donors (Lipinski definition) is 0. The number of Topliss-reactive ketones (excluding diaryl/α,β-unsaturated/α-hetero) is 1. The van der Waals surface area contributed by atoms with Crippen molar-refractivity contribution in [2.75, 3.05) is 32.7 Å². The fourth-order valence-electron chi connectivity index (χ4n) is 2.36. The Labute approximate surface area is 93.4 Å². The molecule has 1 rings (SSSR count). The Morgan fingerprint density at radius 3 is 2.53 bits per heavy atom. The van der Waals surface area contributed by atoms with Gasteiger partial charge in [0.25, 0.3) is 0 Å². The van der Waals surface area contributed by atoms with Crippen LogP contribution in [-0.4, -0.2) is 54.3 Å². The van der Waals surface area contributed by atoms with E-state index in [1.54, 1.807) is 0 Å². The lowest BCUT2D eigenvalue weighted by Gasteiger charge is -2.26. The summed E-state index contributed by atoms with van der Waals surface area (Å²) in [7, 11) is 0. The van der Waals surface area contributed by atoms with Crippen LogP contribution in [0.2, 0.25) is 0 Å². The molecule has 0 spiro atoms. The van der Waals surface area contributed by atoms with Gasteiger partial charge in [0.05, 0.1) is 6.54 Å². The summed E-state index contributed by atoms with van der Waals surface area (Å²) in [5.74, 6) is 0.371. The number of rotatable bonds is 6. The predicted molar refractivity (Wildman–Crippen MR) is 63.1 cm³/mol. The lowest BCUT2D eigenvalue weighted by atomic mass is 10.2. The van der Waals surface area contributed by atoms with Crippen molar-refractivity contribution in [3.05, 3.63) is 0 Å². The number of carbonyl (C=O) groups excluding carboxylic acids is 1. The van der Waals surface area contributed by atoms with Crippen molar-refractivity contribution < 1.29 is 4.79 Å². The molecule has 0 aliphatic carbocycles. The van der Waals surface area contributed by atoms with Crippen LogP contribution in [0.4, 0.5) is 0 Å². The van der Waals surface area contributed by atoms with E-state index in [1.165, 1.54) is 6.42 Å². The fraction of sp³-hybridized carbons (Fsp3) is 0.917. The second kappa shape index (κ2) is 6.23. The van der Waals surface area contributed by atoms with E-state index in [2.05, 4.69) is 23.6 Å². The number of nitrogens with zero attached hydrogens (tertiary/aromatic N) is 2. The van der Waals surface area contributed by atoms with Crippen molar-refractivity contribution in [1.82, 2.24) is 9.80 Å². The van der Waals surface area contributed by atoms with Crippen molar-refractivity contribution in [2.45, 2.75) is 39.7 Å². The molecule has 1 unspecified atom stereocenters. The van der Waals surface area contributed by atoms with Gasteiger partial charge < -0.3 is 0 Å². The third-order valence-corrected chi connectivity index (χ3v) is 3.37. The molecule has 1 saturated heterocycles. The Morgan fingerprint density at radius 2 is 2.00 bits per heavy atom. The van der Waals surface area contributed by atoms with E-state index in [9.17, 15) is 4.79 Å². The lowest BCUT2D eigenvalue weighted by Crippen LogP contribution is -2.38. The minimum Gasteiger partial charge on any atom is -0.300 e. The van der Waals surface area contributed by atoms with E-state index >= 15 is 0 Å². The van der Waals surface area contributed by atoms with Crippen LogP contribution in [0, 0.1) is 0 Å². The van der Waals surface area contributed by atoms with Crippen LogP contribution in [-0.2, 0) is 4.79 Å². The van der Waals surface area contributed by atoms with Crippen LogP contribution in [0.3, 0.4) is 0 Å². The summed E-state index contributed by atoms with van der Waals surface area (Å²) >= 11 is 0. The Kier molecular flexibility index (Phi) is 5.26. The van der Waals surface area contributed by atoms with Crippen LogP contribution in [0.15, 0.2) is 0 Å². The number of hydrogen-bond acceptors (Lipinski definition) is 3. The minimum absolute atomic E-state index is 0.371. The van der Waals surface area contributed by atoms with Crippen LogP contribution >= 0.6 is 0 Å². The fourth-order valence-corrected chi connectivity index (χ4v) is 2.36. The molecule has 1 aliphatic rings. The molecule has 3 heteroatoms. The smallest absolute Gasteiger partial charge is 0.146 e. The van der Waals surface area contributed by atoms with Crippen LogP contribution in [0.25, 0.3) is 0 Å². The molecule has 0 saturated carbocycles. The zero-order valence-electron chi connectivity index (χ0n) is 10.3. The van der Waals surface area contributed by atoms with E-state index in [1.807, 2.05) is 6.92 Å². The summed E-state index contributed by atoms with van der Waals surface area (Å²) < 4.78 is 0. The molecule has 0 N–H and O–H groups in total. The highest BCUT2D eigenvalue weighted by atomic mass is 16.1. The molecule has 1 atom stereocenters. The maximum atomic E-state index is 11.3. The number of likely N-dealkylation sites (tertiary alicyclic amines) is 1. The SMILES string of the molecule is CCC(=O)CN1CCC(N(CC)CC)C1. The molecular formula is C12H24N2O. The summed E-state index contributed by atoms with van der Waals surface area (Å²) in [6.45, 7) is 11.4. The average Bonchev–Trinajstić information content (AvgIpc) is 2.68. The Bertz CT molecular complexity index is 202. The van der Waals surface area contributed by atoms with Gasteiger partial charge >= 0.3 is 0 Å². The first-order chi connectivity index (χ1) is 7.21. The van der Waals surface area contributed by atoms with E-state index in [-0.39, 0.29) is 0 Å². The third-order valence-electron chi connectivity index (χ3n) is 3.37. The Hall–Kier alpha value is -0.410. The van der Waals surface area contributed by atoms with Crippen molar-refractivity contribution >= 4 is 5.78 Å². The highest BCUT2D eigenvalue weighted by molar-refractivity contribution is 5.80. The van der Waals surface area contributed by atoms with Gasteiger partial charge in [0, 0.05) is 25.6 Å². The summed E-state index contributed by atoms with van der Waals surface area (Å²) in [6, 6.07) is 0.671. The number of carbonyl (C=O) groups is 1. The molecule has 0 aromatic heterocycles. The lowest BCUT2D eigenvalue weighted by molar-refractivity contribution is -0.119. The van der Waals surface area contributed by atoms with E-state index in [0.29, 0.717) is 24.8 Å². The van der Waals surface area contributed by atoms with Gasteiger partial charge in [-0.2, -0.15) is 0 Å². The predicted octanol–water partition coefficient (Wildman–Crippen LogP) is 1.38. The van der Waals surface area contributed by atoms with Gasteiger partial charge in [-0.05, 0) is 19.5 Å². The van der Waals surface area contributed by atoms with Gasteiger partial charge in [-0.15, -0.1) is 0 Å². The van der Waals surface area contributed by atoms with Gasteiger partial charge in [0.2, 0.25) is 0 Å². The first-order valence-electron chi connectivity index (χ1n) is 6.19. The third kappa shape index (κ3) is 3.58. The van der Waals surface area contributed by atoms with Crippen molar-refractivity contribution in [1.29, 1.82) is 0 Å². The van der Waals surface area contributed by atoms with Crippen LogP contribution in [0.5, 0.6) is 0 Å². The van der Waals surface area contributed by atoms with E-state index < -0.39 is 0 Å². The van der Waals surface area contributed by atoms with Gasteiger partial charge in [-0.25, -0.2) is 0 Å².